The minimum Gasteiger partial charge on any atom is -0.364 e. The fourth-order valence-electron chi connectivity index (χ4n) is 1.76. The number of hydrogen-bond donors (Lipinski definition) is 0. The average Bonchev–Trinajstić information content (AvgIpc) is 2.84. The summed E-state index contributed by atoms with van der Waals surface area (Å²) in [6, 6.07) is -0.243. The van der Waals surface area contributed by atoms with Gasteiger partial charge >= 0.3 is 0 Å². The third-order valence-corrected chi connectivity index (χ3v) is 4.51. The van der Waals surface area contributed by atoms with Gasteiger partial charge in [0.1, 0.15) is 6.26 Å². The van der Waals surface area contributed by atoms with E-state index in [-0.39, 0.29) is 23.5 Å². The van der Waals surface area contributed by atoms with Crippen molar-refractivity contribution in [1.82, 2.24) is 10.1 Å². The number of carbonyl (C=O) groups excluding carboxylic acids is 1. The van der Waals surface area contributed by atoms with Gasteiger partial charge in [0, 0.05) is 13.1 Å². The molecule has 0 radical (unpaired) electrons. The third-order valence-electron chi connectivity index (χ3n) is 2.76. The molecule has 6 nitrogen and oxygen atoms in total. The summed E-state index contributed by atoms with van der Waals surface area (Å²) < 4.78 is 27.1. The molecule has 0 aliphatic carbocycles. The van der Waals surface area contributed by atoms with E-state index in [4.69, 9.17) is 0 Å². The Morgan fingerprint density at radius 2 is 2.38 bits per heavy atom. The highest BCUT2D eigenvalue weighted by molar-refractivity contribution is 7.91. The Labute approximate surface area is 93.1 Å². The van der Waals surface area contributed by atoms with Gasteiger partial charge in [-0.15, -0.1) is 0 Å². The zero-order valence-corrected chi connectivity index (χ0v) is 9.61. The molecule has 0 saturated carbocycles. The summed E-state index contributed by atoms with van der Waals surface area (Å²) in [5.74, 6) is -0.0669. The summed E-state index contributed by atoms with van der Waals surface area (Å²) in [5.41, 5.74) is 0.340. The second kappa shape index (κ2) is 3.89. The van der Waals surface area contributed by atoms with Crippen LogP contribution in [0, 0.1) is 0 Å². The average molecular weight is 244 g/mol. The van der Waals surface area contributed by atoms with Gasteiger partial charge in [-0.25, -0.2) is 8.42 Å². The highest BCUT2D eigenvalue weighted by Gasteiger charge is 2.33. The van der Waals surface area contributed by atoms with Crippen LogP contribution in [0.15, 0.2) is 17.0 Å². The fourth-order valence-corrected chi connectivity index (χ4v) is 3.54. The molecule has 1 aromatic rings. The first-order valence-corrected chi connectivity index (χ1v) is 6.69. The summed E-state index contributed by atoms with van der Waals surface area (Å²) in [6.45, 7) is 0. The van der Waals surface area contributed by atoms with Crippen LogP contribution in [0.1, 0.15) is 16.8 Å². The molecule has 0 N–H and O–H groups in total. The van der Waals surface area contributed by atoms with E-state index in [2.05, 4.69) is 9.68 Å². The topological polar surface area (TPSA) is 80.5 Å². The highest BCUT2D eigenvalue weighted by atomic mass is 32.2. The van der Waals surface area contributed by atoms with E-state index in [1.165, 1.54) is 17.4 Å². The molecular weight excluding hydrogens is 232 g/mol. The molecule has 1 atom stereocenters. The SMILES string of the molecule is CN(C(=O)c1cnoc1)C1CCS(=O)(=O)C1. The number of aromatic nitrogens is 1. The van der Waals surface area contributed by atoms with Crippen molar-refractivity contribution in [2.75, 3.05) is 18.6 Å². The molecule has 2 rings (SSSR count). The van der Waals surface area contributed by atoms with Crippen LogP contribution in [0.2, 0.25) is 0 Å². The van der Waals surface area contributed by atoms with Crippen molar-refractivity contribution in [2.24, 2.45) is 0 Å². The van der Waals surface area contributed by atoms with Gasteiger partial charge in [-0.3, -0.25) is 4.79 Å². The van der Waals surface area contributed by atoms with Gasteiger partial charge < -0.3 is 9.42 Å². The number of sulfone groups is 1. The zero-order chi connectivity index (χ0) is 11.8. The van der Waals surface area contributed by atoms with Gasteiger partial charge in [-0.2, -0.15) is 0 Å². The molecule has 2 heterocycles. The first-order chi connectivity index (χ1) is 7.49. The fraction of sp³-hybridized carbons (Fsp3) is 0.556. The lowest BCUT2D eigenvalue weighted by molar-refractivity contribution is 0.0747. The van der Waals surface area contributed by atoms with Crippen molar-refractivity contribution in [3.05, 3.63) is 18.0 Å². The van der Waals surface area contributed by atoms with E-state index >= 15 is 0 Å². The largest absolute Gasteiger partial charge is 0.364 e. The lowest BCUT2D eigenvalue weighted by Crippen LogP contribution is -2.37. The number of rotatable bonds is 2. The molecule has 1 aliphatic rings. The van der Waals surface area contributed by atoms with E-state index in [0.29, 0.717) is 12.0 Å². The van der Waals surface area contributed by atoms with Crippen molar-refractivity contribution in [3.8, 4) is 0 Å². The number of nitrogens with zero attached hydrogens (tertiary/aromatic N) is 2. The minimum atomic E-state index is -2.98. The Kier molecular flexibility index (Phi) is 2.71. The monoisotopic (exact) mass is 244 g/mol. The van der Waals surface area contributed by atoms with Crippen molar-refractivity contribution in [1.29, 1.82) is 0 Å². The zero-order valence-electron chi connectivity index (χ0n) is 8.79. The Balaban J connectivity index is 2.09. The van der Waals surface area contributed by atoms with Crippen molar-refractivity contribution in [3.63, 3.8) is 0 Å². The van der Waals surface area contributed by atoms with Crippen LogP contribution in [0.3, 0.4) is 0 Å². The summed E-state index contributed by atoms with van der Waals surface area (Å²) in [5, 5.41) is 3.44. The van der Waals surface area contributed by atoms with Crippen LogP contribution < -0.4 is 0 Å². The molecule has 0 bridgehead atoms. The second-order valence-electron chi connectivity index (χ2n) is 3.89. The van der Waals surface area contributed by atoms with E-state index in [1.807, 2.05) is 0 Å². The quantitative estimate of drug-likeness (QED) is 0.727. The van der Waals surface area contributed by atoms with Crippen LogP contribution in [0.5, 0.6) is 0 Å². The van der Waals surface area contributed by atoms with E-state index < -0.39 is 9.84 Å². The summed E-state index contributed by atoms with van der Waals surface area (Å²) in [7, 11) is -1.38. The van der Waals surface area contributed by atoms with Gasteiger partial charge in [0.2, 0.25) is 0 Å². The maximum absolute atomic E-state index is 11.8. The lowest BCUT2D eigenvalue weighted by Gasteiger charge is -2.22. The highest BCUT2D eigenvalue weighted by Crippen LogP contribution is 2.18. The smallest absolute Gasteiger partial charge is 0.258 e. The maximum atomic E-state index is 11.8. The van der Waals surface area contributed by atoms with Gasteiger partial charge in [0.05, 0.1) is 23.3 Å². The van der Waals surface area contributed by atoms with Crippen molar-refractivity contribution < 1.29 is 17.7 Å². The third kappa shape index (κ3) is 2.08. The summed E-state index contributed by atoms with van der Waals surface area (Å²) in [4.78, 5) is 13.3. The number of carbonyl (C=O) groups is 1. The Bertz CT molecular complexity index is 480. The van der Waals surface area contributed by atoms with Crippen molar-refractivity contribution in [2.45, 2.75) is 12.5 Å². The predicted molar refractivity (Wildman–Crippen MR) is 55.7 cm³/mol. The molecule has 0 aromatic carbocycles. The molecule has 1 saturated heterocycles. The van der Waals surface area contributed by atoms with Crippen LogP contribution in [-0.2, 0) is 9.84 Å². The maximum Gasteiger partial charge on any atom is 0.258 e. The molecule has 0 spiro atoms. The minimum absolute atomic E-state index is 0.0422. The van der Waals surface area contributed by atoms with E-state index in [1.54, 1.807) is 7.05 Å². The van der Waals surface area contributed by atoms with E-state index in [9.17, 15) is 13.2 Å². The first-order valence-electron chi connectivity index (χ1n) is 4.86. The van der Waals surface area contributed by atoms with E-state index in [0.717, 1.165) is 0 Å². The summed E-state index contributed by atoms with van der Waals surface area (Å²) in [6.07, 6.45) is 3.07. The second-order valence-corrected chi connectivity index (χ2v) is 6.11. The Hall–Kier alpha value is -1.37. The van der Waals surface area contributed by atoms with Crippen LogP contribution >= 0.6 is 0 Å². The molecule has 1 aliphatic heterocycles. The molecule has 7 heteroatoms. The number of amides is 1. The van der Waals surface area contributed by atoms with Gasteiger partial charge in [0.15, 0.2) is 9.84 Å². The molecule has 1 fully saturated rings. The molecule has 16 heavy (non-hydrogen) atoms. The standard InChI is InChI=1S/C9H12N2O4S/c1-11(8-2-3-16(13,14)6-8)9(12)7-4-10-15-5-7/h4-5,8H,2-3,6H2,1H3. The summed E-state index contributed by atoms with van der Waals surface area (Å²) >= 11 is 0. The lowest BCUT2D eigenvalue weighted by atomic mass is 10.2. The molecule has 1 unspecified atom stereocenters. The first kappa shape index (κ1) is 11.1. The molecular formula is C9H12N2O4S. The van der Waals surface area contributed by atoms with Gasteiger partial charge in [-0.1, -0.05) is 5.16 Å². The molecule has 1 aromatic heterocycles. The van der Waals surface area contributed by atoms with Crippen LogP contribution in [0.25, 0.3) is 0 Å². The molecule has 1 amide bonds. The normalized spacial score (nSPS) is 23.2. The van der Waals surface area contributed by atoms with Crippen LogP contribution in [-0.4, -0.2) is 49.0 Å². The van der Waals surface area contributed by atoms with Crippen molar-refractivity contribution >= 4 is 15.7 Å². The van der Waals surface area contributed by atoms with Gasteiger partial charge in [0.25, 0.3) is 5.91 Å². The Morgan fingerprint density at radius 1 is 1.62 bits per heavy atom. The van der Waals surface area contributed by atoms with Crippen LogP contribution in [0.4, 0.5) is 0 Å². The Morgan fingerprint density at radius 3 is 2.88 bits per heavy atom. The van der Waals surface area contributed by atoms with Gasteiger partial charge in [-0.05, 0) is 6.42 Å². The number of hydrogen-bond acceptors (Lipinski definition) is 5. The predicted octanol–water partition coefficient (Wildman–Crippen LogP) is -0.0663. The molecule has 88 valence electrons.